The zero-order chi connectivity index (χ0) is 13.9. The predicted molar refractivity (Wildman–Crippen MR) is 84.7 cm³/mol. The lowest BCUT2D eigenvalue weighted by molar-refractivity contribution is -0.145. The monoisotopic (exact) mass is 338 g/mol. The molecule has 0 aliphatic carbocycles. The molecule has 0 fully saturated rings. The number of carbonyl (C=O) groups is 1. The Morgan fingerprint density at radius 1 is 1.11 bits per heavy atom. The second kappa shape index (κ2) is 11.2. The largest absolute Gasteiger partial charge is 0.465 e. The third-order valence-electron chi connectivity index (χ3n) is 2.54. The number of thioether (sulfide) groups is 1. The van der Waals surface area contributed by atoms with Crippen LogP contribution in [-0.2, 0) is 9.53 Å². The van der Waals surface area contributed by atoms with Crippen LogP contribution >= 0.6 is 27.7 Å². The molecule has 0 aromatic rings. The maximum Gasteiger partial charge on any atom is 0.322 e. The normalized spacial score (nSPS) is 11.6. The molecule has 2 nitrogen and oxygen atoms in total. The van der Waals surface area contributed by atoms with Crippen molar-refractivity contribution in [2.75, 3.05) is 18.1 Å². The van der Waals surface area contributed by atoms with E-state index in [0.29, 0.717) is 6.61 Å². The molecule has 0 bridgehead atoms. The lowest BCUT2D eigenvalue weighted by Crippen LogP contribution is -2.26. The second-order valence-corrected chi connectivity index (χ2v) is 8.20. The number of unbranched alkanes of at least 4 members (excludes halogenated alkanes) is 4. The van der Waals surface area contributed by atoms with E-state index in [9.17, 15) is 4.79 Å². The molecule has 0 amide bonds. The lowest BCUT2D eigenvalue weighted by Gasteiger charge is -2.14. The molecule has 0 rings (SSSR count). The van der Waals surface area contributed by atoms with Crippen LogP contribution in [0.5, 0.6) is 0 Å². The summed E-state index contributed by atoms with van der Waals surface area (Å²) in [4.78, 5) is 11.4. The van der Waals surface area contributed by atoms with Gasteiger partial charge in [0.2, 0.25) is 0 Å². The predicted octanol–water partition coefficient (Wildman–Crippen LogP) is 4.80. The minimum atomic E-state index is -0.553. The Balaban J connectivity index is 3.19. The quantitative estimate of drug-likeness (QED) is 0.307. The molecule has 0 aliphatic heterocycles. The van der Waals surface area contributed by atoms with Crippen LogP contribution in [0.3, 0.4) is 0 Å². The van der Waals surface area contributed by atoms with Crippen molar-refractivity contribution in [2.45, 2.75) is 63.6 Å². The molecule has 0 spiro atoms. The number of rotatable bonds is 11. The van der Waals surface area contributed by atoms with E-state index >= 15 is 0 Å². The van der Waals surface area contributed by atoms with Crippen LogP contribution in [0.4, 0.5) is 0 Å². The summed E-state index contributed by atoms with van der Waals surface area (Å²) in [6, 6.07) is 0. The molecule has 0 aromatic heterocycles. The van der Waals surface area contributed by atoms with Gasteiger partial charge in [0, 0.05) is 0 Å². The molecule has 0 saturated heterocycles. The Bertz CT molecular complexity index is 214. The molecule has 0 unspecified atom stereocenters. The fourth-order valence-electron chi connectivity index (χ4n) is 1.34. The van der Waals surface area contributed by atoms with Crippen LogP contribution in [-0.4, -0.2) is 28.4 Å². The van der Waals surface area contributed by atoms with Gasteiger partial charge in [-0.3, -0.25) is 4.79 Å². The van der Waals surface area contributed by atoms with E-state index in [0.717, 1.165) is 12.8 Å². The van der Waals surface area contributed by atoms with Gasteiger partial charge in [0.1, 0.15) is 4.32 Å². The zero-order valence-corrected chi connectivity index (χ0v) is 14.4. The molecule has 0 heterocycles. The topological polar surface area (TPSA) is 26.3 Å². The lowest BCUT2D eigenvalue weighted by atomic mass is 10.2. The number of carbonyl (C=O) groups excluding carboxylic acids is 1. The summed E-state index contributed by atoms with van der Waals surface area (Å²) in [6.45, 7) is 6.40. The van der Waals surface area contributed by atoms with Crippen molar-refractivity contribution in [2.24, 2.45) is 0 Å². The summed E-state index contributed by atoms with van der Waals surface area (Å²) in [6.07, 6.45) is 7.30. The first-order valence-electron chi connectivity index (χ1n) is 6.92. The average Bonchev–Trinajstić information content (AvgIpc) is 2.30. The van der Waals surface area contributed by atoms with Gasteiger partial charge in [0.25, 0.3) is 0 Å². The summed E-state index contributed by atoms with van der Waals surface area (Å²) in [5, 5.41) is 0. The minimum absolute atomic E-state index is 0.169. The standard InChI is InChI=1S/C14H27BrO2S/c1-4-5-11-18-12-9-7-6-8-10-17-13(16)14(2,3)15/h4-12H2,1-3H3. The second-order valence-electron chi connectivity index (χ2n) is 4.99. The van der Waals surface area contributed by atoms with Crippen LogP contribution in [0.2, 0.25) is 0 Å². The molecule has 0 radical (unpaired) electrons. The number of halogens is 1. The number of esters is 1. The Morgan fingerprint density at radius 3 is 2.33 bits per heavy atom. The SMILES string of the molecule is CCCCSCCCCCCOC(=O)C(C)(C)Br. The fraction of sp³-hybridized carbons (Fsp3) is 0.929. The van der Waals surface area contributed by atoms with Gasteiger partial charge in [-0.05, 0) is 44.6 Å². The van der Waals surface area contributed by atoms with Gasteiger partial charge in [-0.25, -0.2) is 0 Å². The van der Waals surface area contributed by atoms with Gasteiger partial charge in [0.15, 0.2) is 0 Å². The first kappa shape index (κ1) is 18.3. The fourth-order valence-corrected chi connectivity index (χ4v) is 2.56. The van der Waals surface area contributed by atoms with Gasteiger partial charge in [-0.1, -0.05) is 42.1 Å². The number of alkyl halides is 1. The Hall–Kier alpha value is 0.300. The van der Waals surface area contributed by atoms with E-state index < -0.39 is 4.32 Å². The van der Waals surface area contributed by atoms with E-state index in [1.54, 1.807) is 0 Å². The summed E-state index contributed by atoms with van der Waals surface area (Å²) < 4.78 is 4.62. The van der Waals surface area contributed by atoms with Crippen LogP contribution in [0.25, 0.3) is 0 Å². The third kappa shape index (κ3) is 11.4. The summed E-state index contributed by atoms with van der Waals surface area (Å²) in [7, 11) is 0. The first-order valence-corrected chi connectivity index (χ1v) is 8.87. The maximum absolute atomic E-state index is 11.4. The van der Waals surface area contributed by atoms with Crippen LogP contribution in [0, 0.1) is 0 Å². The van der Waals surface area contributed by atoms with Crippen molar-refractivity contribution in [1.82, 2.24) is 0 Å². The molecule has 18 heavy (non-hydrogen) atoms. The molecule has 0 N–H and O–H groups in total. The Labute approximate surface area is 125 Å². The van der Waals surface area contributed by atoms with Gasteiger partial charge in [0.05, 0.1) is 6.61 Å². The number of hydrogen-bond donors (Lipinski definition) is 0. The van der Waals surface area contributed by atoms with Crippen molar-refractivity contribution in [1.29, 1.82) is 0 Å². The Morgan fingerprint density at radius 2 is 1.72 bits per heavy atom. The van der Waals surface area contributed by atoms with Gasteiger partial charge < -0.3 is 4.74 Å². The van der Waals surface area contributed by atoms with Gasteiger partial charge in [-0.2, -0.15) is 11.8 Å². The molecular formula is C14H27BrO2S. The summed E-state index contributed by atoms with van der Waals surface area (Å²) >= 11 is 5.35. The van der Waals surface area contributed by atoms with Crippen molar-refractivity contribution in [3.8, 4) is 0 Å². The highest BCUT2D eigenvalue weighted by Crippen LogP contribution is 2.17. The van der Waals surface area contributed by atoms with E-state index in [1.165, 1.54) is 37.2 Å². The van der Waals surface area contributed by atoms with Gasteiger partial charge >= 0.3 is 5.97 Å². The molecule has 0 aromatic carbocycles. The van der Waals surface area contributed by atoms with Crippen molar-refractivity contribution >= 4 is 33.7 Å². The molecular weight excluding hydrogens is 312 g/mol. The maximum atomic E-state index is 11.4. The van der Waals surface area contributed by atoms with E-state index in [4.69, 9.17) is 4.74 Å². The van der Waals surface area contributed by atoms with Crippen LogP contribution in [0.1, 0.15) is 59.3 Å². The summed E-state index contributed by atoms with van der Waals surface area (Å²) in [5.74, 6) is 2.40. The van der Waals surface area contributed by atoms with Crippen LogP contribution < -0.4 is 0 Å². The number of hydrogen-bond acceptors (Lipinski definition) is 3. The molecule has 0 saturated carbocycles. The summed E-state index contributed by atoms with van der Waals surface area (Å²) in [5.41, 5.74) is 0. The smallest absolute Gasteiger partial charge is 0.322 e. The third-order valence-corrected chi connectivity index (χ3v) is 4.02. The van der Waals surface area contributed by atoms with Crippen molar-refractivity contribution in [3.05, 3.63) is 0 Å². The molecule has 4 heteroatoms. The molecule has 0 atom stereocenters. The highest BCUT2D eigenvalue weighted by molar-refractivity contribution is 9.10. The molecule has 108 valence electrons. The zero-order valence-electron chi connectivity index (χ0n) is 12.0. The number of ether oxygens (including phenoxy) is 1. The molecule has 0 aliphatic rings. The first-order chi connectivity index (χ1) is 8.48. The van der Waals surface area contributed by atoms with E-state index in [1.807, 2.05) is 13.8 Å². The van der Waals surface area contributed by atoms with Crippen molar-refractivity contribution in [3.63, 3.8) is 0 Å². The Kier molecular flexibility index (Phi) is 11.3. The van der Waals surface area contributed by atoms with E-state index in [-0.39, 0.29) is 5.97 Å². The van der Waals surface area contributed by atoms with Crippen molar-refractivity contribution < 1.29 is 9.53 Å². The van der Waals surface area contributed by atoms with Crippen LogP contribution in [0.15, 0.2) is 0 Å². The highest BCUT2D eigenvalue weighted by Gasteiger charge is 2.24. The minimum Gasteiger partial charge on any atom is -0.465 e. The highest BCUT2D eigenvalue weighted by atomic mass is 79.9. The average molecular weight is 339 g/mol. The van der Waals surface area contributed by atoms with E-state index in [2.05, 4.69) is 34.6 Å². The van der Waals surface area contributed by atoms with Gasteiger partial charge in [-0.15, -0.1) is 0 Å².